The molecule has 7 heteroatoms. The van der Waals surface area contributed by atoms with Crippen molar-refractivity contribution in [1.82, 2.24) is 9.97 Å². The lowest BCUT2D eigenvalue weighted by Crippen LogP contribution is -2.44. The summed E-state index contributed by atoms with van der Waals surface area (Å²) in [7, 11) is 1.53. The predicted molar refractivity (Wildman–Crippen MR) is 77.9 cm³/mol. The number of nitrogens with zero attached hydrogens (tertiary/aromatic N) is 3. The van der Waals surface area contributed by atoms with Gasteiger partial charge < -0.3 is 14.7 Å². The molecule has 0 aromatic carbocycles. The highest BCUT2D eigenvalue weighted by atomic mass is 35.5. The van der Waals surface area contributed by atoms with Crippen molar-refractivity contribution in [2.75, 3.05) is 12.0 Å². The molecule has 0 saturated carbocycles. The summed E-state index contributed by atoms with van der Waals surface area (Å²) in [6, 6.07) is 0.928. The third-order valence-electron chi connectivity index (χ3n) is 4.42. The summed E-state index contributed by atoms with van der Waals surface area (Å²) in [5.74, 6) is 0.248. The molecular weight excluding hydrogens is 294 g/mol. The van der Waals surface area contributed by atoms with E-state index in [2.05, 4.69) is 14.9 Å². The van der Waals surface area contributed by atoms with E-state index in [1.54, 1.807) is 6.20 Å². The average molecular weight is 312 g/mol. The molecule has 1 aromatic rings. The number of rotatable bonds is 4. The van der Waals surface area contributed by atoms with Crippen LogP contribution in [0.3, 0.4) is 0 Å². The molecule has 6 nitrogen and oxygen atoms in total. The second-order valence-corrected chi connectivity index (χ2v) is 6.16. The topological polar surface area (TPSA) is 75.5 Å². The Bertz CT molecular complexity index is 540. The first-order chi connectivity index (χ1) is 10.1. The van der Waals surface area contributed by atoms with Crippen molar-refractivity contribution in [3.8, 4) is 6.01 Å². The molecule has 2 aliphatic heterocycles. The summed E-state index contributed by atoms with van der Waals surface area (Å²) in [4.78, 5) is 21.6. The third-order valence-corrected chi connectivity index (χ3v) is 4.69. The van der Waals surface area contributed by atoms with E-state index >= 15 is 0 Å². The zero-order valence-corrected chi connectivity index (χ0v) is 12.6. The van der Waals surface area contributed by atoms with Gasteiger partial charge in [-0.05, 0) is 31.6 Å². The van der Waals surface area contributed by atoms with Crippen molar-refractivity contribution in [2.45, 2.75) is 44.2 Å². The average Bonchev–Trinajstić information content (AvgIpc) is 2.70. The zero-order chi connectivity index (χ0) is 15.0. The minimum atomic E-state index is -0.713. The standard InChI is InChI=1S/C14H18ClN3O3/c1-21-14-16-7-11(15)13(17-14)18-9-2-3-10(18)5-8(4-9)6-12(19)20/h7-10H,2-6H2,1H3,(H,19,20). The molecule has 0 aliphatic carbocycles. The number of carbonyl (C=O) groups is 1. The van der Waals surface area contributed by atoms with Crippen LogP contribution in [-0.2, 0) is 4.79 Å². The Balaban J connectivity index is 1.83. The minimum Gasteiger partial charge on any atom is -0.481 e. The van der Waals surface area contributed by atoms with Crippen LogP contribution in [0.4, 0.5) is 5.82 Å². The lowest BCUT2D eigenvalue weighted by atomic mass is 9.88. The fraction of sp³-hybridized carbons (Fsp3) is 0.643. The van der Waals surface area contributed by atoms with Crippen molar-refractivity contribution in [2.24, 2.45) is 5.92 Å². The summed E-state index contributed by atoms with van der Waals surface area (Å²) < 4.78 is 5.08. The minimum absolute atomic E-state index is 0.249. The van der Waals surface area contributed by atoms with E-state index in [1.807, 2.05) is 0 Å². The quantitative estimate of drug-likeness (QED) is 0.920. The van der Waals surface area contributed by atoms with Crippen molar-refractivity contribution < 1.29 is 14.6 Å². The fourth-order valence-electron chi connectivity index (χ4n) is 3.67. The molecule has 1 N–H and O–H groups in total. The van der Waals surface area contributed by atoms with Crippen molar-refractivity contribution in [1.29, 1.82) is 0 Å². The summed E-state index contributed by atoms with van der Waals surface area (Å²) >= 11 is 6.25. The van der Waals surface area contributed by atoms with Crippen LogP contribution in [0.25, 0.3) is 0 Å². The molecular formula is C14H18ClN3O3. The Hall–Kier alpha value is -1.56. The lowest BCUT2D eigenvalue weighted by Gasteiger charge is -2.39. The third kappa shape index (κ3) is 2.77. The fourth-order valence-corrected chi connectivity index (χ4v) is 3.86. The second-order valence-electron chi connectivity index (χ2n) is 5.76. The van der Waals surface area contributed by atoms with Gasteiger partial charge in [-0.3, -0.25) is 4.79 Å². The molecule has 1 aromatic heterocycles. The van der Waals surface area contributed by atoms with Crippen molar-refractivity contribution >= 4 is 23.4 Å². The van der Waals surface area contributed by atoms with Gasteiger partial charge in [0.2, 0.25) is 0 Å². The molecule has 0 radical (unpaired) electrons. The number of aromatic nitrogens is 2. The van der Waals surface area contributed by atoms with Crippen LogP contribution in [0.2, 0.25) is 5.02 Å². The van der Waals surface area contributed by atoms with E-state index in [0.29, 0.717) is 28.9 Å². The highest BCUT2D eigenvalue weighted by Crippen LogP contribution is 2.44. The van der Waals surface area contributed by atoms with Gasteiger partial charge in [0.05, 0.1) is 13.3 Å². The van der Waals surface area contributed by atoms with Gasteiger partial charge in [-0.15, -0.1) is 0 Å². The normalized spacial score (nSPS) is 27.7. The van der Waals surface area contributed by atoms with Crippen molar-refractivity contribution in [3.63, 3.8) is 0 Å². The number of piperidine rings is 1. The highest BCUT2D eigenvalue weighted by Gasteiger charge is 2.42. The van der Waals surface area contributed by atoms with E-state index in [1.165, 1.54) is 7.11 Å². The number of hydrogen-bond donors (Lipinski definition) is 1. The smallest absolute Gasteiger partial charge is 0.318 e. The molecule has 114 valence electrons. The zero-order valence-electron chi connectivity index (χ0n) is 11.8. The number of carboxylic acids is 1. The molecule has 0 amide bonds. The molecule has 2 atom stereocenters. The SMILES string of the molecule is COc1ncc(Cl)c(N2C3CCC2CC(CC(=O)O)C3)n1. The van der Waals surface area contributed by atoms with Crippen LogP contribution < -0.4 is 9.64 Å². The van der Waals surface area contributed by atoms with E-state index < -0.39 is 5.97 Å². The molecule has 2 unspecified atom stereocenters. The van der Waals surface area contributed by atoms with E-state index in [4.69, 9.17) is 21.4 Å². The van der Waals surface area contributed by atoms with Gasteiger partial charge in [0, 0.05) is 18.5 Å². The number of halogens is 1. The van der Waals surface area contributed by atoms with Crippen LogP contribution in [0.15, 0.2) is 6.20 Å². The number of hydrogen-bond acceptors (Lipinski definition) is 5. The molecule has 0 spiro atoms. The first-order valence-corrected chi connectivity index (χ1v) is 7.53. The number of fused-ring (bicyclic) bond motifs is 2. The number of anilines is 1. The van der Waals surface area contributed by atoms with Gasteiger partial charge in [0.1, 0.15) is 5.02 Å². The monoisotopic (exact) mass is 311 g/mol. The number of methoxy groups -OCH3 is 1. The number of carboxylic acid groups (broad SMARTS) is 1. The van der Waals surface area contributed by atoms with Crippen LogP contribution in [0.1, 0.15) is 32.1 Å². The number of aliphatic carboxylic acids is 1. The Morgan fingerprint density at radius 3 is 2.71 bits per heavy atom. The molecule has 2 fully saturated rings. The predicted octanol–water partition coefficient (Wildman–Crippen LogP) is 2.36. The van der Waals surface area contributed by atoms with Crippen molar-refractivity contribution in [3.05, 3.63) is 11.2 Å². The van der Waals surface area contributed by atoms with Crippen LogP contribution >= 0.6 is 11.6 Å². The highest BCUT2D eigenvalue weighted by molar-refractivity contribution is 6.32. The Morgan fingerprint density at radius 1 is 1.48 bits per heavy atom. The maximum atomic E-state index is 10.9. The van der Waals surface area contributed by atoms with Gasteiger partial charge >= 0.3 is 12.0 Å². The van der Waals surface area contributed by atoms with Gasteiger partial charge in [0.15, 0.2) is 5.82 Å². The van der Waals surface area contributed by atoms with Gasteiger partial charge in [0.25, 0.3) is 0 Å². The van der Waals surface area contributed by atoms with E-state index in [9.17, 15) is 4.79 Å². The van der Waals surface area contributed by atoms with Crippen LogP contribution in [0, 0.1) is 5.92 Å². The first-order valence-electron chi connectivity index (χ1n) is 7.15. The van der Waals surface area contributed by atoms with Crippen LogP contribution in [0.5, 0.6) is 6.01 Å². The summed E-state index contributed by atoms with van der Waals surface area (Å²) in [6.45, 7) is 0. The maximum Gasteiger partial charge on any atom is 0.318 e. The lowest BCUT2D eigenvalue weighted by molar-refractivity contribution is -0.138. The molecule has 2 bridgehead atoms. The van der Waals surface area contributed by atoms with Gasteiger partial charge in [-0.1, -0.05) is 11.6 Å². The molecule has 2 saturated heterocycles. The Kier molecular flexibility index (Phi) is 3.89. The maximum absolute atomic E-state index is 10.9. The summed E-state index contributed by atoms with van der Waals surface area (Å²) in [6.07, 6.45) is 5.69. The molecule has 3 heterocycles. The number of ether oxygens (including phenoxy) is 1. The molecule has 3 rings (SSSR count). The van der Waals surface area contributed by atoms with E-state index in [-0.39, 0.29) is 12.3 Å². The summed E-state index contributed by atoms with van der Waals surface area (Å²) in [5, 5.41) is 9.50. The van der Waals surface area contributed by atoms with E-state index in [0.717, 1.165) is 25.7 Å². The second kappa shape index (κ2) is 5.67. The van der Waals surface area contributed by atoms with Gasteiger partial charge in [-0.25, -0.2) is 4.98 Å². The molecule has 2 aliphatic rings. The van der Waals surface area contributed by atoms with Gasteiger partial charge in [-0.2, -0.15) is 4.98 Å². The van der Waals surface area contributed by atoms with Crippen LogP contribution in [-0.4, -0.2) is 40.2 Å². The largest absolute Gasteiger partial charge is 0.481 e. The Morgan fingerprint density at radius 2 is 2.14 bits per heavy atom. The summed E-state index contributed by atoms with van der Waals surface area (Å²) in [5.41, 5.74) is 0. The Labute approximate surface area is 128 Å². The first kappa shape index (κ1) is 14.4. The molecule has 21 heavy (non-hydrogen) atoms.